The molecule has 3 heteroatoms. The van der Waals surface area contributed by atoms with E-state index >= 15 is 0 Å². The summed E-state index contributed by atoms with van der Waals surface area (Å²) in [4.78, 5) is 0. The van der Waals surface area contributed by atoms with Crippen LogP contribution in [0.15, 0.2) is 18.2 Å². The van der Waals surface area contributed by atoms with E-state index in [2.05, 4.69) is 19.2 Å². The number of rotatable bonds is 5. The molecular weight excluding hydrogens is 273 g/mol. The summed E-state index contributed by atoms with van der Waals surface area (Å²) in [5, 5.41) is 4.17. The molecule has 0 heterocycles. The SMILES string of the molecule is CC(C)CNCC1(c2ccc(F)cc2Cl)CC2(CC2)C1. The molecule has 110 valence electrons. The van der Waals surface area contributed by atoms with Crippen LogP contribution in [0, 0.1) is 17.2 Å². The minimum atomic E-state index is -0.246. The van der Waals surface area contributed by atoms with E-state index in [9.17, 15) is 4.39 Å². The van der Waals surface area contributed by atoms with Gasteiger partial charge in [0.25, 0.3) is 0 Å². The summed E-state index contributed by atoms with van der Waals surface area (Å²) in [7, 11) is 0. The molecule has 0 bridgehead atoms. The Balaban J connectivity index is 1.79. The van der Waals surface area contributed by atoms with Crippen molar-refractivity contribution in [2.75, 3.05) is 13.1 Å². The lowest BCUT2D eigenvalue weighted by molar-refractivity contribution is 0.115. The smallest absolute Gasteiger partial charge is 0.124 e. The zero-order chi connectivity index (χ0) is 14.4. The molecule has 2 aliphatic carbocycles. The largest absolute Gasteiger partial charge is 0.316 e. The Morgan fingerprint density at radius 3 is 2.55 bits per heavy atom. The van der Waals surface area contributed by atoms with Crippen LogP contribution in [0.1, 0.15) is 45.1 Å². The zero-order valence-corrected chi connectivity index (χ0v) is 13.1. The molecule has 0 aliphatic heterocycles. The molecule has 1 aromatic carbocycles. The number of hydrogen-bond acceptors (Lipinski definition) is 1. The highest BCUT2D eigenvalue weighted by atomic mass is 35.5. The molecule has 0 radical (unpaired) electrons. The second-order valence-electron chi connectivity index (χ2n) is 7.28. The minimum absolute atomic E-state index is 0.121. The molecule has 2 saturated carbocycles. The van der Waals surface area contributed by atoms with Gasteiger partial charge in [0.05, 0.1) is 0 Å². The summed E-state index contributed by atoms with van der Waals surface area (Å²) < 4.78 is 13.3. The number of hydrogen-bond donors (Lipinski definition) is 1. The van der Waals surface area contributed by atoms with Gasteiger partial charge in [-0.25, -0.2) is 4.39 Å². The molecular formula is C17H23ClFN. The van der Waals surface area contributed by atoms with Crippen LogP contribution < -0.4 is 5.32 Å². The van der Waals surface area contributed by atoms with Crippen molar-refractivity contribution in [1.82, 2.24) is 5.32 Å². The number of benzene rings is 1. The molecule has 3 rings (SSSR count). The van der Waals surface area contributed by atoms with E-state index in [-0.39, 0.29) is 11.2 Å². The van der Waals surface area contributed by atoms with E-state index in [1.165, 1.54) is 31.7 Å². The first kappa shape index (κ1) is 14.3. The first-order valence-electron chi connectivity index (χ1n) is 7.61. The van der Waals surface area contributed by atoms with Crippen molar-refractivity contribution in [3.8, 4) is 0 Å². The highest BCUT2D eigenvalue weighted by molar-refractivity contribution is 6.31. The van der Waals surface area contributed by atoms with E-state index in [1.54, 1.807) is 6.07 Å². The van der Waals surface area contributed by atoms with Gasteiger partial charge in [0.2, 0.25) is 0 Å². The summed E-state index contributed by atoms with van der Waals surface area (Å²) in [6.45, 7) is 6.41. The monoisotopic (exact) mass is 295 g/mol. The van der Waals surface area contributed by atoms with Crippen LogP contribution in [0.25, 0.3) is 0 Å². The van der Waals surface area contributed by atoms with Gasteiger partial charge in [-0.1, -0.05) is 31.5 Å². The first-order chi connectivity index (χ1) is 9.45. The fraction of sp³-hybridized carbons (Fsp3) is 0.647. The van der Waals surface area contributed by atoms with Crippen LogP contribution in [0.2, 0.25) is 5.02 Å². The average molecular weight is 296 g/mol. The van der Waals surface area contributed by atoms with Gasteiger partial charge in [-0.05, 0) is 61.3 Å². The van der Waals surface area contributed by atoms with Gasteiger partial charge in [-0.2, -0.15) is 0 Å². The third-order valence-corrected chi connectivity index (χ3v) is 5.22. The second-order valence-corrected chi connectivity index (χ2v) is 7.69. The maximum absolute atomic E-state index is 13.3. The van der Waals surface area contributed by atoms with Crippen LogP contribution in [0.3, 0.4) is 0 Å². The molecule has 1 nitrogen and oxygen atoms in total. The van der Waals surface area contributed by atoms with Gasteiger partial charge >= 0.3 is 0 Å². The van der Waals surface area contributed by atoms with Crippen molar-refractivity contribution in [2.24, 2.45) is 11.3 Å². The Kier molecular flexibility index (Phi) is 3.58. The highest BCUT2D eigenvalue weighted by Crippen LogP contribution is 2.69. The highest BCUT2D eigenvalue weighted by Gasteiger charge is 2.61. The van der Waals surface area contributed by atoms with Crippen LogP contribution in [-0.2, 0) is 5.41 Å². The predicted molar refractivity (Wildman–Crippen MR) is 81.7 cm³/mol. The van der Waals surface area contributed by atoms with E-state index in [1.807, 2.05) is 6.07 Å². The Morgan fingerprint density at radius 1 is 1.30 bits per heavy atom. The lowest BCUT2D eigenvalue weighted by Crippen LogP contribution is -2.50. The Morgan fingerprint density at radius 2 is 2.00 bits per heavy atom. The van der Waals surface area contributed by atoms with Gasteiger partial charge in [0, 0.05) is 17.0 Å². The third kappa shape index (κ3) is 2.60. The first-order valence-corrected chi connectivity index (χ1v) is 7.99. The summed E-state index contributed by atoms with van der Waals surface area (Å²) in [5.41, 5.74) is 1.85. The zero-order valence-electron chi connectivity index (χ0n) is 12.3. The fourth-order valence-corrected chi connectivity index (χ4v) is 4.21. The maximum Gasteiger partial charge on any atom is 0.124 e. The molecule has 0 atom stereocenters. The van der Waals surface area contributed by atoms with Gasteiger partial charge in [-0.15, -0.1) is 0 Å². The van der Waals surface area contributed by atoms with Crippen molar-refractivity contribution in [3.63, 3.8) is 0 Å². The van der Waals surface area contributed by atoms with E-state index in [4.69, 9.17) is 11.6 Å². The van der Waals surface area contributed by atoms with Crippen LogP contribution in [0.5, 0.6) is 0 Å². The molecule has 1 aromatic rings. The molecule has 0 aromatic heterocycles. The van der Waals surface area contributed by atoms with E-state index in [0.717, 1.165) is 18.7 Å². The number of nitrogens with one attached hydrogen (secondary N) is 1. The van der Waals surface area contributed by atoms with Crippen molar-refractivity contribution < 1.29 is 4.39 Å². The predicted octanol–water partition coefficient (Wildman–Crippen LogP) is 4.54. The van der Waals surface area contributed by atoms with Crippen LogP contribution in [-0.4, -0.2) is 13.1 Å². The van der Waals surface area contributed by atoms with Crippen molar-refractivity contribution in [3.05, 3.63) is 34.6 Å². The normalized spacial score (nSPS) is 22.1. The molecule has 2 aliphatic rings. The summed E-state index contributed by atoms with van der Waals surface area (Å²) in [6.07, 6.45) is 5.13. The fourth-order valence-electron chi connectivity index (χ4n) is 3.84. The third-order valence-electron chi connectivity index (χ3n) is 4.90. The van der Waals surface area contributed by atoms with Gasteiger partial charge in [-0.3, -0.25) is 0 Å². The molecule has 1 spiro atoms. The van der Waals surface area contributed by atoms with Gasteiger partial charge < -0.3 is 5.32 Å². The topological polar surface area (TPSA) is 12.0 Å². The molecule has 0 amide bonds. The number of halogens is 2. The lowest BCUT2D eigenvalue weighted by Gasteiger charge is -2.50. The summed E-state index contributed by atoms with van der Waals surface area (Å²) in [5.74, 6) is 0.398. The molecule has 0 unspecified atom stereocenters. The van der Waals surface area contributed by atoms with Crippen LogP contribution in [0.4, 0.5) is 4.39 Å². The summed E-state index contributed by atoms with van der Waals surface area (Å²) in [6, 6.07) is 4.90. The van der Waals surface area contributed by atoms with Crippen molar-refractivity contribution in [1.29, 1.82) is 0 Å². The Labute approximate surface area is 125 Å². The maximum atomic E-state index is 13.3. The minimum Gasteiger partial charge on any atom is -0.316 e. The lowest BCUT2D eigenvalue weighted by atomic mass is 9.56. The molecule has 2 fully saturated rings. The quantitative estimate of drug-likeness (QED) is 0.841. The van der Waals surface area contributed by atoms with Gasteiger partial charge in [0.1, 0.15) is 5.82 Å². The molecule has 20 heavy (non-hydrogen) atoms. The Bertz CT molecular complexity index is 500. The average Bonchev–Trinajstić information content (AvgIpc) is 3.07. The van der Waals surface area contributed by atoms with Gasteiger partial charge in [0.15, 0.2) is 0 Å². The van der Waals surface area contributed by atoms with Crippen LogP contribution >= 0.6 is 11.6 Å². The summed E-state index contributed by atoms with van der Waals surface area (Å²) >= 11 is 6.31. The second kappa shape index (κ2) is 4.99. The van der Waals surface area contributed by atoms with Crippen molar-refractivity contribution >= 4 is 11.6 Å². The van der Waals surface area contributed by atoms with E-state index in [0.29, 0.717) is 16.4 Å². The molecule has 0 saturated heterocycles. The Hall–Kier alpha value is -0.600. The van der Waals surface area contributed by atoms with Crippen molar-refractivity contribution in [2.45, 2.75) is 44.9 Å². The standard InChI is InChI=1S/C17H23ClFN/c1-12(2)8-20-11-17(9-16(10-17)5-6-16)14-4-3-13(19)7-15(14)18/h3-4,7,12,20H,5-6,8-11H2,1-2H3. The van der Waals surface area contributed by atoms with E-state index < -0.39 is 0 Å². The molecule has 1 N–H and O–H groups in total.